The Morgan fingerprint density at radius 1 is 0.349 bits per heavy atom. The number of carboxylic acids is 3. The minimum absolute atomic E-state index is 0.0272. The van der Waals surface area contributed by atoms with Crippen molar-refractivity contribution in [1.29, 1.82) is 0 Å². The van der Waals surface area contributed by atoms with Gasteiger partial charge in [0.1, 0.15) is 12.1 Å². The number of nitrogens with one attached hydrogen (secondary N) is 2. The summed E-state index contributed by atoms with van der Waals surface area (Å²) in [6.45, 7) is 29.7. The number of benzene rings is 2. The molecule has 52 heteroatoms. The Balaban J connectivity index is -0.000000260. The summed E-state index contributed by atoms with van der Waals surface area (Å²) >= 11 is 0. The van der Waals surface area contributed by atoms with Gasteiger partial charge in [-0.3, -0.25) is 52.7 Å². The Hall–Kier alpha value is -8.83. The average molecular weight is 2010 g/mol. The van der Waals surface area contributed by atoms with Crippen LogP contribution < -0.4 is 10.6 Å². The van der Waals surface area contributed by atoms with Crippen molar-refractivity contribution in [3.05, 3.63) is 84.1 Å². The third kappa shape index (κ3) is 72.5. The van der Waals surface area contributed by atoms with Gasteiger partial charge in [0.2, 0.25) is 18.1 Å². The number of hydrogen-bond donors (Lipinski definition) is 7. The maximum Gasteiger partial charge on any atom is 0.354 e. The van der Waals surface area contributed by atoms with Crippen molar-refractivity contribution in [2.45, 2.75) is 267 Å². The largest absolute Gasteiger partial charge is 0.481 e. The molecule has 0 aromatic heterocycles. The molecule has 0 spiro atoms. The summed E-state index contributed by atoms with van der Waals surface area (Å²) < 4.78 is 72.4. The zero-order chi connectivity index (χ0) is 101. The van der Waals surface area contributed by atoms with Gasteiger partial charge in [0.25, 0.3) is 0 Å². The van der Waals surface area contributed by atoms with Gasteiger partial charge in [-0.05, 0) is 93.1 Å². The molecule has 2 rings (SSSR count). The zero-order valence-corrected chi connectivity index (χ0v) is 84.8. The molecule has 734 valence electrons. The first-order chi connectivity index (χ1) is 60.2. The molecule has 0 fully saturated rings. The van der Waals surface area contributed by atoms with E-state index in [9.17, 15) is 95.9 Å². The molecule has 1 amide bonds. The normalized spacial score (nSPS) is 12.4. The monoisotopic (exact) mass is 2010 g/mol. The van der Waals surface area contributed by atoms with Gasteiger partial charge in [0.15, 0.2) is 30.5 Å². The quantitative estimate of drug-likeness (QED) is 0.0188. The van der Waals surface area contributed by atoms with Gasteiger partial charge < -0.3 is 110 Å². The molecule has 20 atom stereocenters. The van der Waals surface area contributed by atoms with Gasteiger partial charge in [0.05, 0.1) is 135 Å². The van der Waals surface area contributed by atoms with Crippen LogP contribution in [0.4, 0.5) is 0 Å². The molecule has 0 saturated carbocycles. The minimum Gasteiger partial charge on any atom is -0.481 e. The molecule has 0 aliphatic carbocycles. The van der Waals surface area contributed by atoms with Crippen molar-refractivity contribution < 1.29 is 195 Å². The van der Waals surface area contributed by atoms with Crippen LogP contribution in [0.2, 0.25) is 0 Å². The Kier molecular flexibility index (Phi) is 83.9. The summed E-state index contributed by atoms with van der Waals surface area (Å²) in [6, 6.07) is 15.8. The second kappa shape index (κ2) is 81.2. The highest BCUT2D eigenvalue weighted by molar-refractivity contribution is 7.12. The molecular weight excluding hydrogens is 1890 g/mol. The number of hydrogen-bond acceptors (Lipinski definition) is 39. The maximum absolute atomic E-state index is 11.7. The standard InChI is InChI=1S/2C12H15O4P.C9H16NO5P.C8H14NO5P.C8H13O6P.C7H13O5P.3C7H13O4P/c1-8(10-6-4-3-5-7-10)11(13)15-9(2)12(14)16-17;1-2-6-10(13)15-11(12(14)16-17)9-7-4-3-5-8-9;1-5(6(2)11)10-7(9(13)14)3-4-8(12)15-16;1-4(2)7(11)9-5(8(12)13)3-6(10)14-15;1-2-3-7(11)13-5(4-6(9)10)8(12)14-15;1-3-5(8)7(10)11-4(2)6(9)12-13;1-5(2)10-6(8)3-4-7(9)11-12;1-4(2)6(8)10-5(3)7(9)11-12;1-3-4-6(8)10-5(2)7(9)11-12/h3-9H,17H2,1-2H3;3-5,7-8,11H,2,6,17H2,1H3;6-7,10-11H,1,3-4,16H2,2H3,(H,13,14);4-5H,3,15H2,1-2H3,(H,9,11)(H,12,13);5H,2-4,15H2,1H3,(H,9,10);4-5,8H,3,13H2,1-2H3;5H,3-4,12H2,1-2H3;4-5H,12H2,1-3H3;5H,3-4,12H2,1-2H3/t8-,9-;11-;6-,7-;2*5-;4-,5-;;2*5-/m000010.00/s1. The van der Waals surface area contributed by atoms with Gasteiger partial charge in [0, 0.05) is 42.9 Å². The van der Waals surface area contributed by atoms with Crippen LogP contribution in [0.5, 0.6) is 0 Å². The second-order valence-corrected chi connectivity index (χ2v) is 28.5. The van der Waals surface area contributed by atoms with Crippen LogP contribution in [0.3, 0.4) is 0 Å². The molecule has 0 aliphatic rings. The van der Waals surface area contributed by atoms with Crippen molar-refractivity contribution in [3.63, 3.8) is 0 Å². The van der Waals surface area contributed by atoms with Crippen molar-refractivity contribution in [3.8, 4) is 0 Å². The van der Waals surface area contributed by atoms with E-state index in [1.54, 1.807) is 124 Å². The molecule has 0 bridgehead atoms. The number of amides is 1. The van der Waals surface area contributed by atoms with E-state index < -0.39 is 187 Å². The van der Waals surface area contributed by atoms with Gasteiger partial charge >= 0.3 is 113 Å². The smallest absolute Gasteiger partial charge is 0.354 e. The highest BCUT2D eigenvalue weighted by Gasteiger charge is 2.31. The van der Waals surface area contributed by atoms with Crippen LogP contribution in [0.25, 0.3) is 0 Å². The van der Waals surface area contributed by atoms with E-state index in [-0.39, 0.29) is 80.5 Å². The van der Waals surface area contributed by atoms with E-state index in [2.05, 4.69) is 67.4 Å². The number of carboxylic acid groups (broad SMARTS) is 3. The summed E-state index contributed by atoms with van der Waals surface area (Å²) in [6.07, 6.45) is -5.94. The predicted octanol–water partition coefficient (Wildman–Crippen LogP) is 7.97. The van der Waals surface area contributed by atoms with Crippen molar-refractivity contribution in [2.75, 3.05) is 0 Å². The lowest BCUT2D eigenvalue weighted by Gasteiger charge is -2.18. The third-order valence-corrected chi connectivity index (χ3v) is 16.6. The molecule has 0 radical (unpaired) electrons. The van der Waals surface area contributed by atoms with Crippen molar-refractivity contribution in [1.82, 2.24) is 10.6 Å². The highest BCUT2D eigenvalue weighted by atomic mass is 31.0. The van der Waals surface area contributed by atoms with Crippen LogP contribution >= 0.6 is 85.2 Å². The van der Waals surface area contributed by atoms with E-state index in [4.69, 9.17) is 49.2 Å². The first-order valence-corrected chi connectivity index (χ1v) is 42.9. The fourth-order valence-electron chi connectivity index (χ4n) is 7.35. The molecule has 7 N–H and O–H groups in total. The molecular formula is C77H125N2O41P9. The highest BCUT2D eigenvalue weighted by Crippen LogP contribution is 2.22. The van der Waals surface area contributed by atoms with Gasteiger partial charge in [-0.2, -0.15) is 0 Å². The van der Waals surface area contributed by atoms with Crippen LogP contribution in [-0.2, 0) is 170 Å². The summed E-state index contributed by atoms with van der Waals surface area (Å²) in [5, 5.41) is 48.9. The Morgan fingerprint density at radius 2 is 0.705 bits per heavy atom. The summed E-state index contributed by atoms with van der Waals surface area (Å²) in [5.74, 6) is -14.0. The number of aliphatic hydroxyl groups excluding tert-OH is 2. The van der Waals surface area contributed by atoms with E-state index in [1.165, 1.54) is 34.6 Å². The van der Waals surface area contributed by atoms with Crippen LogP contribution in [0.15, 0.2) is 72.9 Å². The maximum atomic E-state index is 11.7. The number of carbonyl (C=O) groups is 20. The van der Waals surface area contributed by atoms with E-state index >= 15 is 0 Å². The number of aliphatic carboxylic acids is 3. The van der Waals surface area contributed by atoms with E-state index in [0.717, 1.165) is 5.56 Å². The first kappa shape index (κ1) is 133. The number of esters is 7. The SMILES string of the molecule is C=C(N[C@@H](CCC(=O)OP)C(=O)O)[C@H](C)O.CC(C)C(=O)N[C@@H](CC(=O)OP)C(=O)O.CC(C)C(=O)O[C@@H](C)C(=O)OP.CC(C)OC(=O)CCC(=O)OP.CCCC(=O)O[C@@H](C)C(=O)OP.CCCC(=O)O[C@H](C(=O)OP)c1ccccc1.CCCC(=O)O[C@H](CC(=O)O)C(=O)OP.CC[C@H](O)C(=O)O[C@@H](C)C(=O)OP.C[C@H](OC(=O)[C@@H](C)c1ccccc1)C(=O)OP. The fraction of sp³-hybridized carbons (Fsp3) is 0.558. The summed E-state index contributed by atoms with van der Waals surface area (Å²) in [7, 11) is 16.1. The Morgan fingerprint density at radius 3 is 1.05 bits per heavy atom. The first-order valence-electron chi connectivity index (χ1n) is 38.6. The molecule has 2 aromatic rings. The topological polar surface area (TPSA) is 614 Å². The average Bonchev–Trinajstić information content (AvgIpc) is 0.845. The van der Waals surface area contributed by atoms with E-state index in [1.807, 2.05) is 97.6 Å². The summed E-state index contributed by atoms with van der Waals surface area (Å²) in [4.78, 5) is 219. The Labute approximate surface area is 769 Å². The van der Waals surface area contributed by atoms with Gasteiger partial charge in [-0.25, -0.2) is 43.2 Å². The third-order valence-electron chi connectivity index (χ3n) is 14.4. The minimum atomic E-state index is -1.38. The van der Waals surface area contributed by atoms with E-state index in [0.29, 0.717) is 31.2 Å². The lowest BCUT2D eigenvalue weighted by atomic mass is 10.0. The molecule has 129 heavy (non-hydrogen) atoms. The van der Waals surface area contributed by atoms with Crippen molar-refractivity contribution in [2.24, 2.45) is 11.8 Å². The summed E-state index contributed by atoms with van der Waals surface area (Å²) in [5.41, 5.74) is 1.65. The number of rotatable bonds is 42. The molecule has 2 aromatic carbocycles. The molecule has 0 aliphatic heterocycles. The Bertz CT molecular complexity index is 3750. The number of aliphatic hydroxyl groups is 2. The lowest BCUT2D eigenvalue weighted by Crippen LogP contribution is -2.43. The lowest BCUT2D eigenvalue weighted by molar-refractivity contribution is -0.167. The number of carbonyl (C=O) groups excluding carboxylic acids is 17. The fourth-order valence-corrected chi connectivity index (χ4v) is 8.72. The molecule has 9 unspecified atom stereocenters. The van der Waals surface area contributed by atoms with Crippen LogP contribution in [0.1, 0.15) is 217 Å². The molecule has 43 nitrogen and oxygen atoms in total. The predicted molar refractivity (Wildman–Crippen MR) is 487 cm³/mol. The number of ether oxygens (including phenoxy) is 7. The van der Waals surface area contributed by atoms with Crippen LogP contribution in [0, 0.1) is 11.8 Å². The van der Waals surface area contributed by atoms with Crippen LogP contribution in [-0.4, -0.2) is 206 Å². The molecule has 0 saturated heterocycles. The van der Waals surface area contributed by atoms with Gasteiger partial charge in [-0.1, -0.05) is 123 Å². The van der Waals surface area contributed by atoms with Crippen molar-refractivity contribution >= 4 is 205 Å². The second-order valence-electron chi connectivity index (χ2n) is 26.4. The molecule has 0 heterocycles. The zero-order valence-electron chi connectivity index (χ0n) is 74.4. The van der Waals surface area contributed by atoms with Gasteiger partial charge in [-0.15, -0.1) is 0 Å².